The van der Waals surface area contributed by atoms with Crippen molar-refractivity contribution in [3.63, 3.8) is 0 Å². The Morgan fingerprint density at radius 2 is 1.65 bits per heavy atom. The Kier molecular flexibility index (Phi) is 6.25. The van der Waals surface area contributed by atoms with E-state index < -0.39 is 0 Å². The fraction of sp³-hybridized carbons (Fsp3) is 0.688. The van der Waals surface area contributed by atoms with Crippen LogP contribution in [-0.4, -0.2) is 0 Å². The molecular weight excluding hydrogens is 206 g/mol. The monoisotopic (exact) mass is 234 g/mol. The molecule has 0 fully saturated rings. The Bertz CT molecular complexity index is 302. The molecule has 0 N–H and O–H groups in total. The maximum absolute atomic E-state index is 2.40. The van der Waals surface area contributed by atoms with E-state index in [-0.39, 0.29) is 0 Å². The molecule has 96 valence electrons. The topological polar surface area (TPSA) is 3.88 Å². The molecule has 0 amide bonds. The maximum Gasteiger partial charge on any atom is 0.169 e. The summed E-state index contributed by atoms with van der Waals surface area (Å²) in [6.45, 7) is 10.4. The zero-order valence-electron chi connectivity index (χ0n) is 11.9. The van der Waals surface area contributed by atoms with Crippen molar-refractivity contribution in [3.8, 4) is 0 Å². The van der Waals surface area contributed by atoms with Crippen molar-refractivity contribution in [1.29, 1.82) is 0 Å². The molecule has 1 nitrogen and oxygen atoms in total. The van der Waals surface area contributed by atoms with Gasteiger partial charge in [-0.25, -0.2) is 4.57 Å². The van der Waals surface area contributed by atoms with E-state index in [4.69, 9.17) is 0 Å². The van der Waals surface area contributed by atoms with Gasteiger partial charge in [-0.15, -0.1) is 0 Å². The van der Waals surface area contributed by atoms with Crippen LogP contribution < -0.4 is 4.57 Å². The maximum atomic E-state index is 2.40. The largest absolute Gasteiger partial charge is 0.205 e. The number of hydrogen-bond acceptors (Lipinski definition) is 0. The van der Waals surface area contributed by atoms with Gasteiger partial charge in [-0.05, 0) is 30.7 Å². The van der Waals surface area contributed by atoms with Crippen molar-refractivity contribution < 1.29 is 4.57 Å². The number of rotatable bonds is 7. The van der Waals surface area contributed by atoms with Crippen LogP contribution in [0.4, 0.5) is 0 Å². The molecule has 2 atom stereocenters. The van der Waals surface area contributed by atoms with E-state index >= 15 is 0 Å². The van der Waals surface area contributed by atoms with Gasteiger partial charge in [0.2, 0.25) is 0 Å². The van der Waals surface area contributed by atoms with Crippen molar-refractivity contribution in [2.45, 2.75) is 59.9 Å². The standard InChI is InChI=1S/C16H28N/c1-5-7-15(3)16(4)8-6-11-17-12-9-14(2)10-13-17/h9-10,12-13,15-16H,5-8,11H2,1-4H3/q+1. The Hall–Kier alpha value is -0.850. The van der Waals surface area contributed by atoms with Crippen LogP contribution in [0.5, 0.6) is 0 Å². The van der Waals surface area contributed by atoms with Gasteiger partial charge < -0.3 is 0 Å². The lowest BCUT2D eigenvalue weighted by Gasteiger charge is -2.18. The second kappa shape index (κ2) is 7.47. The lowest BCUT2D eigenvalue weighted by molar-refractivity contribution is -0.697. The van der Waals surface area contributed by atoms with Crippen LogP contribution >= 0.6 is 0 Å². The fourth-order valence-electron chi connectivity index (χ4n) is 2.30. The molecule has 0 spiro atoms. The Morgan fingerprint density at radius 1 is 1.06 bits per heavy atom. The Balaban J connectivity index is 2.25. The Labute approximate surface area is 107 Å². The van der Waals surface area contributed by atoms with Gasteiger partial charge in [0.25, 0.3) is 0 Å². The van der Waals surface area contributed by atoms with Crippen LogP contribution in [0.3, 0.4) is 0 Å². The van der Waals surface area contributed by atoms with E-state index in [1.165, 1.54) is 31.2 Å². The van der Waals surface area contributed by atoms with Crippen LogP contribution in [0.25, 0.3) is 0 Å². The third-order valence-electron chi connectivity index (χ3n) is 3.85. The van der Waals surface area contributed by atoms with Crippen molar-refractivity contribution >= 4 is 0 Å². The van der Waals surface area contributed by atoms with E-state index in [9.17, 15) is 0 Å². The quantitative estimate of drug-likeness (QED) is 0.624. The van der Waals surface area contributed by atoms with Crippen molar-refractivity contribution in [1.82, 2.24) is 0 Å². The van der Waals surface area contributed by atoms with Gasteiger partial charge in [0, 0.05) is 18.6 Å². The summed E-state index contributed by atoms with van der Waals surface area (Å²) < 4.78 is 2.30. The highest BCUT2D eigenvalue weighted by molar-refractivity contribution is 5.03. The molecule has 0 saturated heterocycles. The summed E-state index contributed by atoms with van der Waals surface area (Å²) in [4.78, 5) is 0. The SMILES string of the molecule is CCCC(C)C(C)CCC[n+]1ccc(C)cc1. The van der Waals surface area contributed by atoms with Crippen LogP contribution in [0.2, 0.25) is 0 Å². The third kappa shape index (κ3) is 5.34. The van der Waals surface area contributed by atoms with Gasteiger partial charge in [-0.2, -0.15) is 0 Å². The fourth-order valence-corrected chi connectivity index (χ4v) is 2.30. The average Bonchev–Trinajstić information content (AvgIpc) is 2.32. The van der Waals surface area contributed by atoms with E-state index in [1.807, 2.05) is 0 Å². The lowest BCUT2D eigenvalue weighted by Crippen LogP contribution is -2.32. The van der Waals surface area contributed by atoms with E-state index in [0.29, 0.717) is 0 Å². The molecule has 0 aliphatic rings. The summed E-state index contributed by atoms with van der Waals surface area (Å²) in [5, 5.41) is 0. The van der Waals surface area contributed by atoms with E-state index in [0.717, 1.165) is 18.4 Å². The van der Waals surface area contributed by atoms with Crippen molar-refractivity contribution in [2.24, 2.45) is 11.8 Å². The van der Waals surface area contributed by atoms with Gasteiger partial charge in [0.05, 0.1) is 0 Å². The predicted octanol–water partition coefficient (Wildman–Crippen LogP) is 4.14. The summed E-state index contributed by atoms with van der Waals surface area (Å²) >= 11 is 0. The first-order valence-corrected chi connectivity index (χ1v) is 7.09. The van der Waals surface area contributed by atoms with Crippen molar-refractivity contribution in [3.05, 3.63) is 30.1 Å². The molecule has 0 saturated carbocycles. The first-order chi connectivity index (χ1) is 8.13. The molecule has 0 bridgehead atoms. The van der Waals surface area contributed by atoms with Crippen LogP contribution in [0.15, 0.2) is 24.5 Å². The number of pyridine rings is 1. The smallest absolute Gasteiger partial charge is 0.169 e. The first-order valence-electron chi connectivity index (χ1n) is 7.09. The number of nitrogens with zero attached hydrogens (tertiary/aromatic N) is 1. The minimum absolute atomic E-state index is 0.862. The molecule has 1 heteroatoms. The highest BCUT2D eigenvalue weighted by Gasteiger charge is 2.11. The van der Waals surface area contributed by atoms with Gasteiger partial charge in [0.15, 0.2) is 12.4 Å². The number of hydrogen-bond donors (Lipinski definition) is 0. The molecule has 1 aromatic rings. The van der Waals surface area contributed by atoms with E-state index in [2.05, 4.69) is 56.8 Å². The molecule has 0 aliphatic carbocycles. The molecule has 1 heterocycles. The van der Waals surface area contributed by atoms with Crippen LogP contribution in [0, 0.1) is 18.8 Å². The van der Waals surface area contributed by atoms with Gasteiger partial charge in [-0.1, -0.05) is 33.6 Å². The van der Waals surface area contributed by atoms with Crippen LogP contribution in [-0.2, 0) is 6.54 Å². The molecule has 0 radical (unpaired) electrons. The predicted molar refractivity (Wildman–Crippen MR) is 73.8 cm³/mol. The Morgan fingerprint density at radius 3 is 2.24 bits per heavy atom. The molecule has 1 aromatic heterocycles. The first kappa shape index (κ1) is 14.2. The summed E-state index contributed by atoms with van der Waals surface area (Å²) in [5.74, 6) is 1.74. The third-order valence-corrected chi connectivity index (χ3v) is 3.85. The second-order valence-electron chi connectivity index (χ2n) is 5.50. The second-order valence-corrected chi connectivity index (χ2v) is 5.50. The summed E-state index contributed by atoms with van der Waals surface area (Å²) in [7, 11) is 0. The molecule has 2 unspecified atom stereocenters. The average molecular weight is 234 g/mol. The summed E-state index contributed by atoms with van der Waals surface area (Å²) in [6.07, 6.45) is 9.72. The summed E-state index contributed by atoms with van der Waals surface area (Å²) in [6, 6.07) is 4.37. The van der Waals surface area contributed by atoms with Gasteiger partial charge in [-0.3, -0.25) is 0 Å². The minimum atomic E-state index is 0.862. The minimum Gasteiger partial charge on any atom is -0.205 e. The number of aromatic nitrogens is 1. The van der Waals surface area contributed by atoms with Gasteiger partial charge >= 0.3 is 0 Å². The highest BCUT2D eigenvalue weighted by Crippen LogP contribution is 2.21. The lowest BCUT2D eigenvalue weighted by atomic mass is 9.88. The zero-order chi connectivity index (χ0) is 12.7. The molecule has 17 heavy (non-hydrogen) atoms. The van der Waals surface area contributed by atoms with Crippen LogP contribution in [0.1, 0.15) is 52.0 Å². The molecule has 0 aliphatic heterocycles. The van der Waals surface area contributed by atoms with Crippen molar-refractivity contribution in [2.75, 3.05) is 0 Å². The highest BCUT2D eigenvalue weighted by atomic mass is 14.9. The zero-order valence-corrected chi connectivity index (χ0v) is 11.9. The molecule has 1 rings (SSSR count). The normalized spacial score (nSPS) is 14.6. The number of aryl methyl sites for hydroxylation is 2. The summed E-state index contributed by atoms with van der Waals surface area (Å²) in [5.41, 5.74) is 1.34. The molecular formula is C16H28N+. The van der Waals surface area contributed by atoms with Gasteiger partial charge in [0.1, 0.15) is 6.54 Å². The van der Waals surface area contributed by atoms with E-state index in [1.54, 1.807) is 0 Å². The molecule has 0 aromatic carbocycles.